The van der Waals surface area contributed by atoms with Crippen molar-refractivity contribution in [2.24, 2.45) is 5.73 Å². The molecule has 3 aromatic rings. The highest BCUT2D eigenvalue weighted by molar-refractivity contribution is 6.34. The van der Waals surface area contributed by atoms with Crippen molar-refractivity contribution < 1.29 is 9.53 Å². The summed E-state index contributed by atoms with van der Waals surface area (Å²) in [4.78, 5) is 11.8. The van der Waals surface area contributed by atoms with Crippen molar-refractivity contribution in [3.63, 3.8) is 0 Å². The van der Waals surface area contributed by atoms with Crippen molar-refractivity contribution in [1.29, 1.82) is 0 Å². The van der Waals surface area contributed by atoms with E-state index < -0.39 is 5.91 Å². The summed E-state index contributed by atoms with van der Waals surface area (Å²) in [6.07, 6.45) is 4.21. The fraction of sp³-hybridized carbons (Fsp3) is 0.231. The summed E-state index contributed by atoms with van der Waals surface area (Å²) in [7, 11) is 1.64. The number of hydrogen-bond donors (Lipinski definition) is 2. The third-order valence-corrected chi connectivity index (χ3v) is 6.40. The minimum atomic E-state index is -0.490. The van der Waals surface area contributed by atoms with Gasteiger partial charge in [-0.1, -0.05) is 30.1 Å². The molecule has 1 aromatic heterocycles. The first-order chi connectivity index (χ1) is 16.2. The topological polar surface area (TPSA) is 82.2 Å². The standard InChI is InChI=1S/C26H26Cl2N4O2/c1-5-23-15(3)25(32(31-23)20-9-18(27)8-19(28)10-20)21-11-22(24(34-4)6-14(21)2)16-7-17(26(29)33)13-30-12-16/h6-11,13,30H,5,12H2,1-4H3,(H2,29,33). The summed E-state index contributed by atoms with van der Waals surface area (Å²) in [5.74, 6) is 0.223. The molecule has 0 saturated carbocycles. The summed E-state index contributed by atoms with van der Waals surface area (Å²) < 4.78 is 7.60. The van der Waals surface area contributed by atoms with Crippen LogP contribution in [0.2, 0.25) is 10.0 Å². The molecule has 34 heavy (non-hydrogen) atoms. The molecule has 0 spiro atoms. The number of nitrogens with two attached hydrogens (primary N) is 1. The second-order valence-corrected chi connectivity index (χ2v) is 9.07. The zero-order chi connectivity index (χ0) is 24.6. The Morgan fingerprint density at radius 1 is 1.15 bits per heavy atom. The number of amides is 1. The number of aryl methyl sites for hydroxylation is 2. The predicted octanol–water partition coefficient (Wildman–Crippen LogP) is 5.39. The molecule has 8 heteroatoms. The van der Waals surface area contributed by atoms with Crippen LogP contribution in [0.25, 0.3) is 22.5 Å². The highest BCUT2D eigenvalue weighted by Gasteiger charge is 2.22. The maximum absolute atomic E-state index is 11.8. The fourth-order valence-corrected chi connectivity index (χ4v) is 4.78. The van der Waals surface area contributed by atoms with E-state index in [2.05, 4.69) is 25.2 Å². The molecule has 1 aliphatic rings. The SMILES string of the molecule is CCc1nn(-c2cc(Cl)cc(Cl)c2)c(-c2cc(C3=CC(C(N)=O)=CNC3)c(OC)cc2C)c1C. The third-order valence-electron chi connectivity index (χ3n) is 5.96. The van der Waals surface area contributed by atoms with Crippen LogP contribution in [0, 0.1) is 13.8 Å². The second kappa shape index (κ2) is 9.57. The molecule has 6 nitrogen and oxygen atoms in total. The van der Waals surface area contributed by atoms with Gasteiger partial charge in [-0.25, -0.2) is 4.68 Å². The lowest BCUT2D eigenvalue weighted by atomic mass is 9.93. The Hall–Kier alpha value is -3.22. The van der Waals surface area contributed by atoms with Crippen LogP contribution in [0.15, 0.2) is 48.2 Å². The van der Waals surface area contributed by atoms with Gasteiger partial charge in [0.05, 0.1) is 29.8 Å². The van der Waals surface area contributed by atoms with Crippen LogP contribution in [0.5, 0.6) is 5.75 Å². The van der Waals surface area contributed by atoms with Crippen LogP contribution in [-0.4, -0.2) is 29.3 Å². The molecule has 0 aliphatic carbocycles. The maximum Gasteiger partial charge on any atom is 0.250 e. The molecule has 3 N–H and O–H groups in total. The van der Waals surface area contributed by atoms with Gasteiger partial charge in [-0.3, -0.25) is 4.79 Å². The van der Waals surface area contributed by atoms with Gasteiger partial charge in [-0.05, 0) is 73.4 Å². The van der Waals surface area contributed by atoms with Crippen LogP contribution in [0.1, 0.15) is 29.3 Å². The van der Waals surface area contributed by atoms with Crippen LogP contribution in [0.4, 0.5) is 0 Å². The van der Waals surface area contributed by atoms with Crippen LogP contribution in [-0.2, 0) is 11.2 Å². The maximum atomic E-state index is 11.8. The molecule has 0 saturated heterocycles. The van der Waals surface area contributed by atoms with E-state index in [0.717, 1.165) is 51.3 Å². The summed E-state index contributed by atoms with van der Waals surface area (Å²) in [6.45, 7) is 6.73. The van der Waals surface area contributed by atoms with E-state index in [1.54, 1.807) is 25.5 Å². The molecule has 1 amide bonds. The van der Waals surface area contributed by atoms with E-state index in [1.807, 2.05) is 29.8 Å². The number of aromatic nitrogens is 2. The molecular formula is C26H26Cl2N4O2. The number of primary amides is 1. The average molecular weight is 497 g/mol. The summed E-state index contributed by atoms with van der Waals surface area (Å²) >= 11 is 12.6. The number of methoxy groups -OCH3 is 1. The molecule has 2 heterocycles. The van der Waals surface area contributed by atoms with Crippen molar-refractivity contribution in [3.05, 3.63) is 80.6 Å². The van der Waals surface area contributed by atoms with E-state index >= 15 is 0 Å². The van der Waals surface area contributed by atoms with Gasteiger partial charge in [-0.15, -0.1) is 0 Å². The van der Waals surface area contributed by atoms with E-state index in [4.69, 9.17) is 38.8 Å². The molecular weight excluding hydrogens is 471 g/mol. The van der Waals surface area contributed by atoms with Crippen molar-refractivity contribution in [1.82, 2.24) is 15.1 Å². The Morgan fingerprint density at radius 3 is 2.47 bits per heavy atom. The summed E-state index contributed by atoms with van der Waals surface area (Å²) in [6, 6.07) is 9.48. The number of rotatable bonds is 6. The van der Waals surface area contributed by atoms with Crippen molar-refractivity contribution >= 4 is 34.7 Å². The monoisotopic (exact) mass is 496 g/mol. The van der Waals surface area contributed by atoms with Gasteiger partial charge in [0.15, 0.2) is 0 Å². The number of ether oxygens (including phenoxy) is 1. The number of halogens is 2. The van der Waals surface area contributed by atoms with Gasteiger partial charge in [0.2, 0.25) is 5.91 Å². The van der Waals surface area contributed by atoms with Gasteiger partial charge in [0.1, 0.15) is 5.75 Å². The van der Waals surface area contributed by atoms with Crippen LogP contribution < -0.4 is 15.8 Å². The molecule has 4 rings (SSSR count). The summed E-state index contributed by atoms with van der Waals surface area (Å²) in [5.41, 5.74) is 13.5. The van der Waals surface area contributed by atoms with Gasteiger partial charge >= 0.3 is 0 Å². The smallest absolute Gasteiger partial charge is 0.250 e. The Bertz CT molecular complexity index is 1340. The van der Waals surface area contributed by atoms with E-state index in [0.29, 0.717) is 27.9 Å². The van der Waals surface area contributed by atoms with E-state index in [1.165, 1.54) is 0 Å². The zero-order valence-electron chi connectivity index (χ0n) is 19.5. The van der Waals surface area contributed by atoms with E-state index in [-0.39, 0.29) is 0 Å². The first-order valence-electron chi connectivity index (χ1n) is 10.9. The van der Waals surface area contributed by atoms with E-state index in [9.17, 15) is 4.79 Å². The van der Waals surface area contributed by atoms with Gasteiger partial charge in [-0.2, -0.15) is 5.10 Å². The number of dihydropyridines is 1. The number of benzene rings is 2. The van der Waals surface area contributed by atoms with Crippen molar-refractivity contribution in [3.8, 4) is 22.7 Å². The minimum Gasteiger partial charge on any atom is -0.496 e. The molecule has 2 aromatic carbocycles. The molecule has 176 valence electrons. The van der Waals surface area contributed by atoms with Gasteiger partial charge in [0.25, 0.3) is 0 Å². The third kappa shape index (κ3) is 4.43. The Labute approximate surface area is 209 Å². The molecule has 0 atom stereocenters. The van der Waals surface area contributed by atoms with Crippen LogP contribution in [0.3, 0.4) is 0 Å². The quantitative estimate of drug-likeness (QED) is 0.479. The fourth-order valence-electron chi connectivity index (χ4n) is 4.26. The lowest BCUT2D eigenvalue weighted by molar-refractivity contribution is -0.114. The largest absolute Gasteiger partial charge is 0.496 e. The van der Waals surface area contributed by atoms with Crippen molar-refractivity contribution in [2.45, 2.75) is 27.2 Å². The number of carbonyl (C=O) groups excluding carboxylic acids is 1. The Morgan fingerprint density at radius 2 is 1.85 bits per heavy atom. The molecule has 0 fully saturated rings. The Kier molecular flexibility index (Phi) is 6.73. The van der Waals surface area contributed by atoms with Gasteiger partial charge < -0.3 is 15.8 Å². The lowest BCUT2D eigenvalue weighted by Crippen LogP contribution is -2.22. The average Bonchev–Trinajstić information content (AvgIpc) is 3.14. The zero-order valence-corrected chi connectivity index (χ0v) is 21.0. The molecule has 1 aliphatic heterocycles. The first-order valence-corrected chi connectivity index (χ1v) is 11.7. The number of nitrogens with one attached hydrogen (secondary N) is 1. The van der Waals surface area contributed by atoms with Gasteiger partial charge in [0, 0.05) is 33.9 Å². The van der Waals surface area contributed by atoms with Crippen molar-refractivity contribution in [2.75, 3.05) is 13.7 Å². The first kappa shape index (κ1) is 23.9. The highest BCUT2D eigenvalue weighted by Crippen LogP contribution is 2.38. The molecule has 0 unspecified atom stereocenters. The molecule has 0 bridgehead atoms. The van der Waals surface area contributed by atoms with Crippen LogP contribution >= 0.6 is 23.2 Å². The second-order valence-electron chi connectivity index (χ2n) is 8.20. The predicted molar refractivity (Wildman–Crippen MR) is 138 cm³/mol. The number of nitrogens with zero attached hydrogens (tertiary/aromatic N) is 2. The lowest BCUT2D eigenvalue weighted by Gasteiger charge is -2.20. The minimum absolute atomic E-state index is 0.411. The highest BCUT2D eigenvalue weighted by atomic mass is 35.5. The number of hydrogen-bond acceptors (Lipinski definition) is 4. The number of carbonyl (C=O) groups is 1. The summed E-state index contributed by atoms with van der Waals surface area (Å²) in [5, 5.41) is 9.10. The molecule has 0 radical (unpaired) electrons. The Balaban J connectivity index is 1.97. The normalized spacial score (nSPS) is 13.2.